The normalized spacial score (nSPS) is 15.0. The highest BCUT2D eigenvalue weighted by atomic mass is 16.2. The van der Waals surface area contributed by atoms with Crippen molar-refractivity contribution >= 4 is 11.6 Å². The Kier molecular flexibility index (Phi) is 3.76. The van der Waals surface area contributed by atoms with Crippen LogP contribution in [-0.2, 0) is 0 Å². The van der Waals surface area contributed by atoms with Crippen LogP contribution in [0.25, 0.3) is 16.9 Å². The fraction of sp³-hybridized carbons (Fsp3) is 0.316. The number of nitrogens with zero attached hydrogens (tertiary/aromatic N) is 4. The molecule has 4 rings (SSSR count). The number of amides is 1. The third kappa shape index (κ3) is 2.66. The van der Waals surface area contributed by atoms with Gasteiger partial charge in [0.15, 0.2) is 11.3 Å². The minimum absolute atomic E-state index is 0.0147. The molecule has 0 bridgehead atoms. The number of aromatic nitrogens is 3. The monoisotopic (exact) mass is 320 g/mol. The average Bonchev–Trinajstić information content (AvgIpc) is 3.07. The molecule has 0 unspecified atom stereocenters. The van der Waals surface area contributed by atoms with Crippen LogP contribution in [0, 0.1) is 6.92 Å². The number of piperidine rings is 1. The molecule has 1 aliphatic heterocycles. The van der Waals surface area contributed by atoms with Crippen molar-refractivity contribution in [2.45, 2.75) is 26.2 Å². The number of hydrogen-bond acceptors (Lipinski definition) is 3. The van der Waals surface area contributed by atoms with Gasteiger partial charge in [0.25, 0.3) is 5.91 Å². The summed E-state index contributed by atoms with van der Waals surface area (Å²) in [6.07, 6.45) is 3.36. The summed E-state index contributed by atoms with van der Waals surface area (Å²) in [5.74, 6) is 0.0147. The van der Waals surface area contributed by atoms with Gasteiger partial charge in [0, 0.05) is 30.4 Å². The second-order valence-electron chi connectivity index (χ2n) is 6.30. The SMILES string of the molecule is Cc1cc(-c2ccccc2)nc2cc(C(=O)N3CCCCC3)nn12. The molecule has 0 radical (unpaired) electrons. The van der Waals surface area contributed by atoms with Crippen molar-refractivity contribution in [2.75, 3.05) is 13.1 Å². The topological polar surface area (TPSA) is 50.5 Å². The summed E-state index contributed by atoms with van der Waals surface area (Å²) in [4.78, 5) is 19.2. The zero-order chi connectivity index (χ0) is 16.5. The molecule has 5 heteroatoms. The van der Waals surface area contributed by atoms with Gasteiger partial charge in [0.1, 0.15) is 0 Å². The van der Waals surface area contributed by atoms with Crippen molar-refractivity contribution < 1.29 is 4.79 Å². The van der Waals surface area contributed by atoms with Crippen LogP contribution in [0.3, 0.4) is 0 Å². The fourth-order valence-electron chi connectivity index (χ4n) is 3.25. The molecule has 0 aliphatic carbocycles. The largest absolute Gasteiger partial charge is 0.337 e. The second kappa shape index (κ2) is 6.07. The molecule has 1 aromatic carbocycles. The third-order valence-electron chi connectivity index (χ3n) is 4.54. The van der Waals surface area contributed by atoms with Crippen LogP contribution >= 0.6 is 0 Å². The predicted molar refractivity (Wildman–Crippen MR) is 92.9 cm³/mol. The van der Waals surface area contributed by atoms with Crippen molar-refractivity contribution in [3.63, 3.8) is 0 Å². The Morgan fingerprint density at radius 1 is 1.04 bits per heavy atom. The summed E-state index contributed by atoms with van der Waals surface area (Å²) in [7, 11) is 0. The standard InChI is InChI=1S/C19H20N4O/c1-14-12-16(15-8-4-2-5-9-15)20-18-13-17(21-23(14)18)19(24)22-10-6-3-7-11-22/h2,4-5,8-9,12-13H,3,6-7,10-11H2,1H3. The van der Waals surface area contributed by atoms with Gasteiger partial charge in [-0.2, -0.15) is 5.10 Å². The molecule has 1 aliphatic rings. The predicted octanol–water partition coefficient (Wildman–Crippen LogP) is 3.33. The van der Waals surface area contributed by atoms with E-state index < -0.39 is 0 Å². The minimum Gasteiger partial charge on any atom is -0.337 e. The van der Waals surface area contributed by atoms with E-state index in [1.807, 2.05) is 48.2 Å². The van der Waals surface area contributed by atoms with Gasteiger partial charge in [-0.05, 0) is 32.3 Å². The fourth-order valence-corrected chi connectivity index (χ4v) is 3.25. The molecule has 1 fully saturated rings. The molecule has 3 heterocycles. The first-order chi connectivity index (χ1) is 11.7. The summed E-state index contributed by atoms with van der Waals surface area (Å²) >= 11 is 0. The highest BCUT2D eigenvalue weighted by Crippen LogP contribution is 2.20. The summed E-state index contributed by atoms with van der Waals surface area (Å²) in [5, 5.41) is 4.49. The van der Waals surface area contributed by atoms with Crippen molar-refractivity contribution in [2.24, 2.45) is 0 Å². The molecule has 1 amide bonds. The number of fused-ring (bicyclic) bond motifs is 1. The highest BCUT2D eigenvalue weighted by Gasteiger charge is 2.21. The van der Waals surface area contributed by atoms with Gasteiger partial charge in [-0.15, -0.1) is 0 Å². The van der Waals surface area contributed by atoms with Crippen molar-refractivity contribution in [1.82, 2.24) is 19.5 Å². The van der Waals surface area contributed by atoms with Crippen LogP contribution in [0.1, 0.15) is 35.4 Å². The van der Waals surface area contributed by atoms with E-state index in [0.717, 1.165) is 42.9 Å². The molecule has 122 valence electrons. The molecule has 0 spiro atoms. The number of aryl methyl sites for hydroxylation is 1. The van der Waals surface area contributed by atoms with E-state index in [1.54, 1.807) is 10.6 Å². The maximum Gasteiger partial charge on any atom is 0.274 e. The quantitative estimate of drug-likeness (QED) is 0.728. The minimum atomic E-state index is 0.0147. The van der Waals surface area contributed by atoms with E-state index in [9.17, 15) is 4.79 Å². The van der Waals surface area contributed by atoms with Gasteiger partial charge >= 0.3 is 0 Å². The Morgan fingerprint density at radius 3 is 2.54 bits per heavy atom. The van der Waals surface area contributed by atoms with Crippen LogP contribution < -0.4 is 0 Å². The second-order valence-corrected chi connectivity index (χ2v) is 6.30. The molecule has 5 nitrogen and oxygen atoms in total. The maximum absolute atomic E-state index is 12.7. The molecule has 0 N–H and O–H groups in total. The lowest BCUT2D eigenvalue weighted by Gasteiger charge is -2.25. The summed E-state index contributed by atoms with van der Waals surface area (Å²) < 4.78 is 1.75. The highest BCUT2D eigenvalue weighted by molar-refractivity contribution is 5.93. The number of likely N-dealkylation sites (tertiary alicyclic amines) is 1. The maximum atomic E-state index is 12.7. The van der Waals surface area contributed by atoms with Gasteiger partial charge in [-0.25, -0.2) is 9.50 Å². The lowest BCUT2D eigenvalue weighted by atomic mass is 10.1. The summed E-state index contributed by atoms with van der Waals surface area (Å²) in [5.41, 5.74) is 4.13. The van der Waals surface area contributed by atoms with E-state index in [0.29, 0.717) is 11.3 Å². The van der Waals surface area contributed by atoms with Crippen molar-refractivity contribution in [3.05, 3.63) is 53.9 Å². The van der Waals surface area contributed by atoms with Gasteiger partial charge in [-0.3, -0.25) is 4.79 Å². The van der Waals surface area contributed by atoms with E-state index in [1.165, 1.54) is 6.42 Å². The van der Waals surface area contributed by atoms with Crippen LogP contribution in [-0.4, -0.2) is 38.5 Å². The summed E-state index contributed by atoms with van der Waals surface area (Å²) in [6.45, 7) is 3.64. The first-order valence-corrected chi connectivity index (χ1v) is 8.44. The molecule has 2 aromatic heterocycles. The first-order valence-electron chi connectivity index (χ1n) is 8.44. The molecule has 1 saturated heterocycles. The van der Waals surface area contributed by atoms with Crippen LogP contribution in [0.5, 0.6) is 0 Å². The third-order valence-corrected chi connectivity index (χ3v) is 4.54. The zero-order valence-corrected chi connectivity index (χ0v) is 13.8. The number of carbonyl (C=O) groups is 1. The number of rotatable bonds is 2. The van der Waals surface area contributed by atoms with E-state index in [4.69, 9.17) is 0 Å². The Labute approximate surface area is 140 Å². The van der Waals surface area contributed by atoms with Crippen LogP contribution in [0.15, 0.2) is 42.5 Å². The number of carbonyl (C=O) groups excluding carboxylic acids is 1. The molecular weight excluding hydrogens is 300 g/mol. The van der Waals surface area contributed by atoms with E-state index in [-0.39, 0.29) is 5.91 Å². The van der Waals surface area contributed by atoms with Crippen molar-refractivity contribution in [1.29, 1.82) is 0 Å². The van der Waals surface area contributed by atoms with Gasteiger partial charge in [0.2, 0.25) is 0 Å². The average molecular weight is 320 g/mol. The Bertz CT molecular complexity index is 879. The number of benzene rings is 1. The van der Waals surface area contributed by atoms with Crippen LogP contribution in [0.4, 0.5) is 0 Å². The molecule has 24 heavy (non-hydrogen) atoms. The van der Waals surface area contributed by atoms with Gasteiger partial charge in [0.05, 0.1) is 5.69 Å². The summed E-state index contributed by atoms with van der Waals surface area (Å²) in [6, 6.07) is 13.9. The lowest BCUT2D eigenvalue weighted by Crippen LogP contribution is -2.35. The molecular formula is C19H20N4O. The lowest BCUT2D eigenvalue weighted by molar-refractivity contribution is 0.0718. The van der Waals surface area contributed by atoms with Gasteiger partial charge < -0.3 is 4.90 Å². The molecule has 0 saturated carbocycles. The smallest absolute Gasteiger partial charge is 0.274 e. The molecule has 0 atom stereocenters. The van der Waals surface area contributed by atoms with Crippen LogP contribution in [0.2, 0.25) is 0 Å². The van der Waals surface area contributed by atoms with Crippen molar-refractivity contribution in [3.8, 4) is 11.3 Å². The van der Waals surface area contributed by atoms with Gasteiger partial charge in [-0.1, -0.05) is 30.3 Å². The Hall–Kier alpha value is -2.69. The number of hydrogen-bond donors (Lipinski definition) is 0. The van der Waals surface area contributed by atoms with E-state index >= 15 is 0 Å². The Balaban J connectivity index is 1.72. The first kappa shape index (κ1) is 14.9. The van der Waals surface area contributed by atoms with E-state index in [2.05, 4.69) is 10.1 Å². The zero-order valence-electron chi connectivity index (χ0n) is 13.8. The Morgan fingerprint density at radius 2 is 1.79 bits per heavy atom. The molecule has 3 aromatic rings.